The lowest BCUT2D eigenvalue weighted by Crippen LogP contribution is -2.37. The number of nitrogens with one attached hydrogen (secondary N) is 2. The van der Waals surface area contributed by atoms with Crippen molar-refractivity contribution in [1.82, 2.24) is 10.3 Å². The van der Waals surface area contributed by atoms with Crippen molar-refractivity contribution in [2.45, 2.75) is 18.4 Å². The number of rotatable bonds is 3. The third-order valence-electron chi connectivity index (χ3n) is 5.35. The molecule has 2 aromatic rings. The lowest BCUT2D eigenvalue weighted by Gasteiger charge is -2.24. The zero-order valence-electron chi connectivity index (χ0n) is 15.3. The summed E-state index contributed by atoms with van der Waals surface area (Å²) in [7, 11) is 0. The van der Waals surface area contributed by atoms with E-state index in [0.717, 1.165) is 30.3 Å². The first kappa shape index (κ1) is 20.3. The van der Waals surface area contributed by atoms with Gasteiger partial charge in [-0.15, -0.1) is 0 Å². The van der Waals surface area contributed by atoms with E-state index in [0.29, 0.717) is 13.1 Å². The molecule has 2 heterocycles. The Balaban J connectivity index is 1.32. The first-order valence-electron chi connectivity index (χ1n) is 9.06. The minimum Gasteiger partial charge on any atom is -0.355 e. The second-order valence-electron chi connectivity index (χ2n) is 7.30. The minimum atomic E-state index is -4.50. The Bertz CT molecular complexity index is 931. The quantitative estimate of drug-likeness (QED) is 0.711. The Kier molecular flexibility index (Phi) is 4.78. The number of pyridine rings is 1. The molecule has 3 atom stereocenters. The summed E-state index contributed by atoms with van der Waals surface area (Å²) in [5.74, 6) is -0.136. The molecule has 30 heavy (non-hydrogen) atoms. The van der Waals surface area contributed by atoms with E-state index in [2.05, 4.69) is 15.6 Å². The van der Waals surface area contributed by atoms with E-state index in [1.54, 1.807) is 4.90 Å². The van der Waals surface area contributed by atoms with Crippen LogP contribution in [0.2, 0.25) is 0 Å². The molecule has 1 unspecified atom stereocenters. The fourth-order valence-electron chi connectivity index (χ4n) is 3.84. The number of amides is 2. The fourth-order valence-corrected chi connectivity index (χ4v) is 3.84. The average molecular weight is 430 g/mol. The van der Waals surface area contributed by atoms with Gasteiger partial charge in [0.1, 0.15) is 5.82 Å². The zero-order valence-corrected chi connectivity index (χ0v) is 15.3. The molecule has 2 amide bonds. The molecule has 0 radical (unpaired) electrons. The van der Waals surface area contributed by atoms with Crippen LogP contribution in [0.3, 0.4) is 0 Å². The smallest absolute Gasteiger partial charge is 0.355 e. The van der Waals surface area contributed by atoms with Crippen molar-refractivity contribution in [3.05, 3.63) is 53.7 Å². The molecule has 1 aliphatic carbocycles. The van der Waals surface area contributed by atoms with Gasteiger partial charge in [0.15, 0.2) is 0 Å². The maximum Gasteiger partial charge on any atom is 0.419 e. The molecule has 1 saturated heterocycles. The van der Waals surface area contributed by atoms with Crippen LogP contribution in [0.1, 0.15) is 11.1 Å². The molecule has 2 N–H and O–H groups in total. The monoisotopic (exact) mass is 430 g/mol. The van der Waals surface area contributed by atoms with Gasteiger partial charge in [0.2, 0.25) is 0 Å². The number of aromatic nitrogens is 1. The summed E-state index contributed by atoms with van der Waals surface area (Å²) in [4.78, 5) is 17.5. The van der Waals surface area contributed by atoms with Gasteiger partial charge in [-0.25, -0.2) is 9.78 Å². The predicted octanol–water partition coefficient (Wildman–Crippen LogP) is 4.38. The number of carbonyl (C=O) groups excluding carboxylic acids is 1. The molecule has 2 aliphatic rings. The van der Waals surface area contributed by atoms with Gasteiger partial charge < -0.3 is 15.5 Å². The lowest BCUT2D eigenvalue weighted by atomic mass is 10.2. The Hall–Kier alpha value is -2.98. The van der Waals surface area contributed by atoms with E-state index < -0.39 is 29.5 Å². The topological polar surface area (TPSA) is 57.3 Å². The number of anilines is 2. The molecule has 11 heteroatoms. The third kappa shape index (κ3) is 4.01. The maximum absolute atomic E-state index is 13.2. The first-order valence-corrected chi connectivity index (χ1v) is 9.06. The summed E-state index contributed by atoms with van der Waals surface area (Å²) in [6.45, 7) is 0.659. The SMILES string of the molecule is O=C(Nc1ccc(C(F)(F)F)cc1)NC1[C@H]2CN(c3ncccc3C(F)(F)F)C[C@@H]12. The fraction of sp³-hybridized carbons (Fsp3) is 0.368. The van der Waals surface area contributed by atoms with Gasteiger partial charge in [-0.1, -0.05) is 0 Å². The van der Waals surface area contributed by atoms with Gasteiger partial charge in [-0.3, -0.25) is 0 Å². The van der Waals surface area contributed by atoms with Crippen LogP contribution >= 0.6 is 0 Å². The van der Waals surface area contributed by atoms with Crippen LogP contribution in [0.25, 0.3) is 0 Å². The summed E-state index contributed by atoms with van der Waals surface area (Å²) in [6, 6.07) is 5.48. The number of fused-ring (bicyclic) bond motifs is 1. The Morgan fingerprint density at radius 2 is 1.60 bits per heavy atom. The predicted molar refractivity (Wildman–Crippen MR) is 95.8 cm³/mol. The second kappa shape index (κ2) is 7.06. The molecule has 160 valence electrons. The van der Waals surface area contributed by atoms with Crippen molar-refractivity contribution < 1.29 is 31.1 Å². The maximum atomic E-state index is 13.2. The number of piperidine rings is 1. The van der Waals surface area contributed by atoms with Crippen LogP contribution in [-0.4, -0.2) is 30.1 Å². The van der Waals surface area contributed by atoms with Crippen molar-refractivity contribution in [3.63, 3.8) is 0 Å². The average Bonchev–Trinajstić information content (AvgIpc) is 3.10. The van der Waals surface area contributed by atoms with Crippen molar-refractivity contribution in [2.24, 2.45) is 11.8 Å². The minimum absolute atomic E-state index is 0.00792. The molecule has 5 nitrogen and oxygen atoms in total. The van der Waals surface area contributed by atoms with Crippen molar-refractivity contribution in [2.75, 3.05) is 23.3 Å². The largest absolute Gasteiger partial charge is 0.419 e. The normalized spacial score (nSPS) is 23.1. The lowest BCUT2D eigenvalue weighted by molar-refractivity contribution is -0.138. The number of hydrogen-bond acceptors (Lipinski definition) is 3. The van der Waals surface area contributed by atoms with Gasteiger partial charge in [0, 0.05) is 42.9 Å². The van der Waals surface area contributed by atoms with Gasteiger partial charge >= 0.3 is 18.4 Å². The molecule has 1 saturated carbocycles. The molecule has 1 aromatic heterocycles. The summed E-state index contributed by atoms with van der Waals surface area (Å²) in [5, 5.41) is 5.19. The van der Waals surface area contributed by atoms with Gasteiger partial charge in [0.05, 0.1) is 11.1 Å². The van der Waals surface area contributed by atoms with E-state index in [1.165, 1.54) is 12.3 Å². The van der Waals surface area contributed by atoms with Gasteiger partial charge in [-0.2, -0.15) is 26.3 Å². The van der Waals surface area contributed by atoms with E-state index in [9.17, 15) is 31.1 Å². The molecule has 0 spiro atoms. The van der Waals surface area contributed by atoms with Crippen LogP contribution in [0.4, 0.5) is 42.6 Å². The summed E-state index contributed by atoms with van der Waals surface area (Å²) < 4.78 is 77.2. The molecule has 1 aromatic carbocycles. The molecule has 1 aliphatic heterocycles. The van der Waals surface area contributed by atoms with Crippen LogP contribution in [0, 0.1) is 11.8 Å². The zero-order chi connectivity index (χ0) is 21.7. The van der Waals surface area contributed by atoms with E-state index >= 15 is 0 Å². The van der Waals surface area contributed by atoms with Crippen molar-refractivity contribution in [3.8, 4) is 0 Å². The standard InChI is InChI=1S/C19H16F6N4O/c20-18(21,22)10-3-5-11(6-4-10)27-17(30)28-15-12-8-29(9-13(12)15)16-14(19(23,24)25)2-1-7-26-16/h1-7,12-13,15H,8-9H2,(H2,27,28,30)/t12-,13+,15?. The summed E-state index contributed by atoms with van der Waals surface area (Å²) in [5.41, 5.74) is -1.41. The highest BCUT2D eigenvalue weighted by Gasteiger charge is 2.57. The Morgan fingerprint density at radius 3 is 2.17 bits per heavy atom. The number of urea groups is 1. The third-order valence-corrected chi connectivity index (χ3v) is 5.35. The Labute approximate surface area is 167 Å². The summed E-state index contributed by atoms with van der Waals surface area (Å²) in [6.07, 6.45) is -7.66. The number of alkyl halides is 6. The molecule has 4 rings (SSSR count). The molecule has 0 bridgehead atoms. The number of halogens is 6. The first-order chi connectivity index (χ1) is 14.0. The van der Waals surface area contributed by atoms with Crippen molar-refractivity contribution in [1.29, 1.82) is 0 Å². The van der Waals surface area contributed by atoms with E-state index in [4.69, 9.17) is 0 Å². The van der Waals surface area contributed by atoms with Gasteiger partial charge in [-0.05, 0) is 36.4 Å². The van der Waals surface area contributed by atoms with E-state index in [-0.39, 0.29) is 29.4 Å². The number of hydrogen-bond donors (Lipinski definition) is 2. The highest BCUT2D eigenvalue weighted by molar-refractivity contribution is 5.89. The summed E-state index contributed by atoms with van der Waals surface area (Å²) >= 11 is 0. The van der Waals surface area contributed by atoms with Gasteiger partial charge in [0.25, 0.3) is 0 Å². The number of carbonyl (C=O) groups is 1. The van der Waals surface area contributed by atoms with Crippen LogP contribution < -0.4 is 15.5 Å². The second-order valence-corrected chi connectivity index (χ2v) is 7.30. The molecular formula is C19H16F6N4O. The van der Waals surface area contributed by atoms with Crippen LogP contribution in [0.15, 0.2) is 42.6 Å². The van der Waals surface area contributed by atoms with Crippen LogP contribution in [-0.2, 0) is 12.4 Å². The highest BCUT2D eigenvalue weighted by atomic mass is 19.4. The molecule has 2 fully saturated rings. The molecular weight excluding hydrogens is 414 g/mol. The highest BCUT2D eigenvalue weighted by Crippen LogP contribution is 2.48. The Morgan fingerprint density at radius 1 is 0.967 bits per heavy atom. The number of nitrogens with zero attached hydrogens (tertiary/aromatic N) is 2. The number of benzene rings is 1. The van der Waals surface area contributed by atoms with Crippen molar-refractivity contribution >= 4 is 17.5 Å². The van der Waals surface area contributed by atoms with E-state index in [1.807, 2.05) is 0 Å². The van der Waals surface area contributed by atoms with Crippen LogP contribution in [0.5, 0.6) is 0 Å².